The van der Waals surface area contributed by atoms with Crippen molar-refractivity contribution in [3.8, 4) is 23.5 Å². The van der Waals surface area contributed by atoms with E-state index in [2.05, 4.69) is 149 Å². The summed E-state index contributed by atoms with van der Waals surface area (Å²) in [5.74, 6) is 0. The molecule has 7 aromatic carbocycles. The largest absolute Gasteiger partial charge is 0.309 e. The van der Waals surface area contributed by atoms with Crippen LogP contribution in [0.15, 0.2) is 164 Å². The fourth-order valence-electron chi connectivity index (χ4n) is 7.17. The average molecular weight is 643 g/mol. The van der Waals surface area contributed by atoms with Crippen LogP contribution in [0.3, 0.4) is 0 Å². The van der Waals surface area contributed by atoms with Gasteiger partial charge in [0.05, 0.1) is 45.3 Å². The molecule has 228 valence electrons. The van der Waals surface area contributed by atoms with E-state index in [-0.39, 0.29) is 0 Å². The maximum Gasteiger partial charge on any atom is 0.0992 e. The van der Waals surface area contributed by atoms with Crippen LogP contribution < -0.4 is 15.9 Å². The van der Waals surface area contributed by atoms with Crippen molar-refractivity contribution in [2.24, 2.45) is 0 Å². The number of aromatic nitrogens is 2. The normalized spacial score (nSPS) is 11.4. The Hall–Kier alpha value is -6.45. The van der Waals surface area contributed by atoms with E-state index in [4.69, 9.17) is 0 Å². The first-order chi connectivity index (χ1) is 24.2. The summed E-state index contributed by atoms with van der Waals surface area (Å²) >= 11 is 0. The Labute approximate surface area is 284 Å². The molecule has 2 heterocycles. The molecule has 0 aliphatic heterocycles. The molecule has 0 unspecified atom stereocenters. The first kappa shape index (κ1) is 28.7. The molecule has 0 bridgehead atoms. The zero-order valence-corrected chi connectivity index (χ0v) is 27.2. The van der Waals surface area contributed by atoms with Gasteiger partial charge in [-0.3, -0.25) is 0 Å². The molecular formula is C44H27N4P. The summed E-state index contributed by atoms with van der Waals surface area (Å²) in [6, 6.07) is 62.0. The quantitative estimate of drug-likeness (QED) is 0.176. The third kappa shape index (κ3) is 4.70. The Morgan fingerprint density at radius 2 is 0.735 bits per heavy atom. The summed E-state index contributed by atoms with van der Waals surface area (Å²) in [6.07, 6.45) is 0. The maximum atomic E-state index is 9.77. The molecule has 49 heavy (non-hydrogen) atoms. The van der Waals surface area contributed by atoms with E-state index in [1.54, 1.807) is 0 Å². The molecule has 0 aliphatic rings. The number of nitriles is 2. The molecule has 9 rings (SSSR count). The van der Waals surface area contributed by atoms with Crippen molar-refractivity contribution in [3.05, 3.63) is 175 Å². The number of hydrogen-bond acceptors (Lipinski definition) is 2. The van der Waals surface area contributed by atoms with Gasteiger partial charge in [0.1, 0.15) is 0 Å². The molecular weight excluding hydrogens is 615 g/mol. The Balaban J connectivity index is 1.32. The molecule has 2 aromatic heterocycles. The molecule has 0 spiro atoms. The van der Waals surface area contributed by atoms with Gasteiger partial charge >= 0.3 is 0 Å². The van der Waals surface area contributed by atoms with Gasteiger partial charge in [-0.2, -0.15) is 10.5 Å². The third-order valence-electron chi connectivity index (χ3n) is 9.32. The molecule has 0 N–H and O–H groups in total. The van der Waals surface area contributed by atoms with Crippen LogP contribution in [0, 0.1) is 22.7 Å². The number of hydrogen-bond donors (Lipinski definition) is 0. The van der Waals surface area contributed by atoms with Crippen LogP contribution in [0.1, 0.15) is 11.1 Å². The standard InChI is InChI=1S/C44H27N4P/c45-28-30-16-20-37-39-22-18-35(26-43(39)47(41(37)24-30)32-10-4-1-5-11-32)49(34-14-8-3-9-15-34)36-19-23-40-38-21-17-31(29-46)25-42(38)48(44(40)27-36)33-12-6-2-7-13-33/h1-27H. The lowest BCUT2D eigenvalue weighted by atomic mass is 10.1. The molecule has 0 aliphatic carbocycles. The first-order valence-electron chi connectivity index (χ1n) is 16.1. The summed E-state index contributed by atoms with van der Waals surface area (Å²) in [6.45, 7) is 0. The second-order valence-electron chi connectivity index (χ2n) is 12.1. The first-order valence-corrected chi connectivity index (χ1v) is 17.5. The SMILES string of the molecule is N#Cc1ccc2c3ccc(P(c4ccccc4)c4ccc5c6ccc(C#N)cc6n(-c6ccccc6)c5c4)cc3n(-c3ccccc3)c2c1. The average Bonchev–Trinajstić information content (AvgIpc) is 3.67. The van der Waals surface area contributed by atoms with Gasteiger partial charge in [-0.15, -0.1) is 0 Å². The lowest BCUT2D eigenvalue weighted by molar-refractivity contribution is 1.18. The maximum absolute atomic E-state index is 9.77. The molecule has 0 saturated carbocycles. The highest BCUT2D eigenvalue weighted by molar-refractivity contribution is 7.79. The highest BCUT2D eigenvalue weighted by atomic mass is 31.1. The van der Waals surface area contributed by atoms with Crippen LogP contribution in [0.4, 0.5) is 0 Å². The lowest BCUT2D eigenvalue weighted by Gasteiger charge is -2.20. The third-order valence-corrected chi connectivity index (χ3v) is 11.7. The zero-order valence-electron chi connectivity index (χ0n) is 26.3. The van der Waals surface area contributed by atoms with Crippen LogP contribution in [0.5, 0.6) is 0 Å². The molecule has 0 atom stereocenters. The predicted molar refractivity (Wildman–Crippen MR) is 203 cm³/mol. The Morgan fingerprint density at radius 1 is 0.367 bits per heavy atom. The molecule has 9 aromatic rings. The zero-order chi connectivity index (χ0) is 32.9. The van der Waals surface area contributed by atoms with Gasteiger partial charge in [-0.25, -0.2) is 0 Å². The van der Waals surface area contributed by atoms with E-state index in [0.29, 0.717) is 11.1 Å². The second kappa shape index (κ2) is 11.7. The van der Waals surface area contributed by atoms with E-state index in [9.17, 15) is 10.5 Å². The van der Waals surface area contributed by atoms with Gasteiger partial charge in [0, 0.05) is 32.9 Å². The summed E-state index contributed by atoms with van der Waals surface area (Å²) in [4.78, 5) is 0. The Morgan fingerprint density at radius 3 is 1.14 bits per heavy atom. The Bertz CT molecular complexity index is 2610. The van der Waals surface area contributed by atoms with Gasteiger partial charge in [-0.1, -0.05) is 103 Å². The van der Waals surface area contributed by atoms with E-state index in [1.807, 2.05) is 36.4 Å². The summed E-state index contributed by atoms with van der Waals surface area (Å²) in [7, 11) is -0.964. The van der Waals surface area contributed by atoms with E-state index < -0.39 is 7.92 Å². The minimum absolute atomic E-state index is 0.642. The molecule has 4 nitrogen and oxygen atoms in total. The number of fused-ring (bicyclic) bond motifs is 6. The summed E-state index contributed by atoms with van der Waals surface area (Å²) < 4.78 is 4.58. The van der Waals surface area contributed by atoms with E-state index >= 15 is 0 Å². The number of para-hydroxylation sites is 2. The van der Waals surface area contributed by atoms with Crippen LogP contribution in [0.2, 0.25) is 0 Å². The molecule has 5 heteroatoms. The van der Waals surface area contributed by atoms with Gasteiger partial charge in [0.25, 0.3) is 0 Å². The second-order valence-corrected chi connectivity index (χ2v) is 14.3. The van der Waals surface area contributed by atoms with Gasteiger partial charge in [0.15, 0.2) is 0 Å². The molecule has 0 saturated heterocycles. The molecule has 0 amide bonds. The van der Waals surface area contributed by atoms with Crippen LogP contribution in [-0.2, 0) is 0 Å². The smallest absolute Gasteiger partial charge is 0.0992 e. The summed E-state index contributed by atoms with van der Waals surface area (Å²) in [5.41, 5.74) is 7.67. The molecule has 0 fully saturated rings. The van der Waals surface area contributed by atoms with Crippen LogP contribution >= 0.6 is 7.92 Å². The minimum Gasteiger partial charge on any atom is -0.309 e. The highest BCUT2D eigenvalue weighted by Gasteiger charge is 2.22. The van der Waals surface area contributed by atoms with Crippen molar-refractivity contribution in [1.82, 2.24) is 9.13 Å². The van der Waals surface area contributed by atoms with Crippen LogP contribution in [0.25, 0.3) is 55.0 Å². The Kier molecular flexibility index (Phi) is 6.84. The monoisotopic (exact) mass is 642 g/mol. The van der Waals surface area contributed by atoms with Crippen molar-refractivity contribution in [2.75, 3.05) is 0 Å². The highest BCUT2D eigenvalue weighted by Crippen LogP contribution is 2.40. The van der Waals surface area contributed by atoms with Gasteiger partial charge in [-0.05, 0) is 84.5 Å². The van der Waals surface area contributed by atoms with E-state index in [0.717, 1.165) is 55.0 Å². The van der Waals surface area contributed by atoms with Crippen LogP contribution in [-0.4, -0.2) is 9.13 Å². The lowest BCUT2D eigenvalue weighted by Crippen LogP contribution is -2.21. The minimum atomic E-state index is -0.964. The fourth-order valence-corrected chi connectivity index (χ4v) is 9.48. The van der Waals surface area contributed by atoms with Crippen molar-refractivity contribution in [3.63, 3.8) is 0 Å². The number of rotatable bonds is 5. The topological polar surface area (TPSA) is 57.4 Å². The number of nitrogens with zero attached hydrogens (tertiary/aromatic N) is 4. The van der Waals surface area contributed by atoms with Crippen molar-refractivity contribution < 1.29 is 0 Å². The van der Waals surface area contributed by atoms with Crippen molar-refractivity contribution >= 4 is 67.4 Å². The van der Waals surface area contributed by atoms with Crippen molar-refractivity contribution in [2.45, 2.75) is 0 Å². The fraction of sp³-hybridized carbons (Fsp3) is 0. The van der Waals surface area contributed by atoms with Gasteiger partial charge < -0.3 is 9.13 Å². The predicted octanol–water partition coefficient (Wildman–Crippen LogP) is 9.38. The number of benzene rings is 7. The van der Waals surface area contributed by atoms with Crippen molar-refractivity contribution in [1.29, 1.82) is 10.5 Å². The molecule has 0 radical (unpaired) electrons. The van der Waals surface area contributed by atoms with Gasteiger partial charge in [0.2, 0.25) is 0 Å². The summed E-state index contributed by atoms with van der Waals surface area (Å²) in [5, 5.41) is 27.8. The van der Waals surface area contributed by atoms with E-state index in [1.165, 1.54) is 15.9 Å².